The highest BCUT2D eigenvalue weighted by Crippen LogP contribution is 2.19. The zero-order valence-electron chi connectivity index (χ0n) is 12.7. The molecular weight excluding hydrogens is 335 g/mol. The minimum absolute atomic E-state index is 0.0192. The predicted octanol–water partition coefficient (Wildman–Crippen LogP) is 2.44. The monoisotopic (exact) mass is 350 g/mol. The average molecular weight is 351 g/mol. The van der Waals surface area contributed by atoms with E-state index < -0.39 is 17.6 Å². The van der Waals surface area contributed by atoms with Gasteiger partial charge in [-0.1, -0.05) is 41.9 Å². The van der Waals surface area contributed by atoms with Crippen molar-refractivity contribution in [2.75, 3.05) is 18.5 Å². The summed E-state index contributed by atoms with van der Waals surface area (Å²) in [5, 5.41) is 11.3. The van der Waals surface area contributed by atoms with E-state index in [9.17, 15) is 14.0 Å². The molecule has 0 saturated carbocycles. The molecule has 7 heteroatoms. The van der Waals surface area contributed by atoms with Gasteiger partial charge in [0.1, 0.15) is 5.82 Å². The minimum atomic E-state index is -0.887. The third-order valence-corrected chi connectivity index (χ3v) is 3.53. The van der Waals surface area contributed by atoms with Crippen LogP contribution in [0.2, 0.25) is 5.02 Å². The Kier molecular flexibility index (Phi) is 6.28. The smallest absolute Gasteiger partial charge is 0.313 e. The second-order valence-electron chi connectivity index (χ2n) is 5.02. The van der Waals surface area contributed by atoms with Gasteiger partial charge in [0.2, 0.25) is 0 Å². The van der Waals surface area contributed by atoms with Gasteiger partial charge in [-0.3, -0.25) is 9.59 Å². The van der Waals surface area contributed by atoms with Crippen molar-refractivity contribution in [3.8, 4) is 0 Å². The Morgan fingerprint density at radius 3 is 2.50 bits per heavy atom. The van der Waals surface area contributed by atoms with Crippen LogP contribution in [-0.4, -0.2) is 35.0 Å². The summed E-state index contributed by atoms with van der Waals surface area (Å²) >= 11 is 5.64. The molecule has 0 heterocycles. The van der Waals surface area contributed by atoms with Gasteiger partial charge in [0.05, 0.1) is 11.6 Å². The number of halogens is 2. The minimum Gasteiger partial charge on any atom is -0.395 e. The van der Waals surface area contributed by atoms with Crippen molar-refractivity contribution in [1.29, 1.82) is 0 Å². The number of nitrogens with one attached hydrogen (secondary N) is 1. The highest BCUT2D eigenvalue weighted by atomic mass is 35.5. The van der Waals surface area contributed by atoms with E-state index in [2.05, 4.69) is 5.32 Å². The van der Waals surface area contributed by atoms with E-state index in [1.807, 2.05) is 30.3 Å². The first-order valence-electron chi connectivity index (χ1n) is 7.21. The Labute approximate surface area is 143 Å². The largest absolute Gasteiger partial charge is 0.395 e. The molecule has 5 nitrogen and oxygen atoms in total. The van der Waals surface area contributed by atoms with Gasteiger partial charge in [-0.05, 0) is 23.8 Å². The lowest BCUT2D eigenvalue weighted by Gasteiger charge is -2.21. The Bertz CT molecular complexity index is 725. The quantitative estimate of drug-likeness (QED) is 0.814. The van der Waals surface area contributed by atoms with Gasteiger partial charge in [-0.15, -0.1) is 0 Å². The number of benzene rings is 2. The molecule has 2 rings (SSSR count). The van der Waals surface area contributed by atoms with Crippen LogP contribution in [0.4, 0.5) is 10.1 Å². The van der Waals surface area contributed by atoms with E-state index in [1.165, 1.54) is 17.0 Å². The number of carbonyl (C=O) groups excluding carboxylic acids is 2. The molecule has 2 aromatic carbocycles. The molecule has 0 radical (unpaired) electrons. The number of carbonyl (C=O) groups is 2. The van der Waals surface area contributed by atoms with E-state index in [4.69, 9.17) is 16.7 Å². The summed E-state index contributed by atoms with van der Waals surface area (Å²) in [7, 11) is 0. The third kappa shape index (κ3) is 4.78. The topological polar surface area (TPSA) is 69.6 Å². The van der Waals surface area contributed by atoms with Crippen LogP contribution in [0.25, 0.3) is 0 Å². The highest BCUT2D eigenvalue weighted by Gasteiger charge is 2.22. The zero-order chi connectivity index (χ0) is 17.5. The van der Waals surface area contributed by atoms with Gasteiger partial charge in [-0.25, -0.2) is 4.39 Å². The number of anilines is 1. The normalized spacial score (nSPS) is 10.3. The van der Waals surface area contributed by atoms with Crippen LogP contribution in [-0.2, 0) is 16.1 Å². The van der Waals surface area contributed by atoms with Gasteiger partial charge in [0, 0.05) is 18.8 Å². The first-order chi connectivity index (χ1) is 11.5. The van der Waals surface area contributed by atoms with Crippen molar-refractivity contribution in [3.05, 3.63) is 64.9 Å². The van der Waals surface area contributed by atoms with Crippen molar-refractivity contribution < 1.29 is 19.1 Å². The van der Waals surface area contributed by atoms with E-state index in [1.54, 1.807) is 0 Å². The average Bonchev–Trinajstić information content (AvgIpc) is 2.58. The SMILES string of the molecule is O=C(Nc1ccc(F)c(Cl)c1)C(=O)N(CCO)Cc1ccccc1. The van der Waals surface area contributed by atoms with Crippen molar-refractivity contribution in [1.82, 2.24) is 4.90 Å². The molecule has 126 valence electrons. The molecule has 0 spiro atoms. The number of aliphatic hydroxyl groups excluding tert-OH is 1. The van der Waals surface area contributed by atoms with Crippen LogP contribution < -0.4 is 5.32 Å². The van der Waals surface area contributed by atoms with Crippen LogP contribution in [0.5, 0.6) is 0 Å². The first kappa shape index (κ1) is 17.9. The molecule has 2 amide bonds. The summed E-state index contributed by atoms with van der Waals surface area (Å²) in [6, 6.07) is 12.7. The van der Waals surface area contributed by atoms with Gasteiger partial charge in [0.15, 0.2) is 0 Å². The summed E-state index contributed by atoms with van der Waals surface area (Å²) in [6.45, 7) is -0.0582. The van der Waals surface area contributed by atoms with Gasteiger partial charge < -0.3 is 15.3 Å². The molecule has 0 aliphatic carbocycles. The van der Waals surface area contributed by atoms with Crippen LogP contribution in [0.3, 0.4) is 0 Å². The number of hydrogen-bond donors (Lipinski definition) is 2. The molecule has 0 unspecified atom stereocenters. The summed E-state index contributed by atoms with van der Waals surface area (Å²) in [5.41, 5.74) is 1.04. The standard InChI is InChI=1S/C17H16ClFN2O3/c18-14-10-13(6-7-15(14)19)20-16(23)17(24)21(8-9-22)11-12-4-2-1-3-5-12/h1-7,10,22H,8-9,11H2,(H,20,23). The van der Waals surface area contributed by atoms with E-state index in [0.717, 1.165) is 11.6 Å². The Balaban J connectivity index is 2.07. The van der Waals surface area contributed by atoms with Crippen molar-refractivity contribution >= 4 is 29.1 Å². The van der Waals surface area contributed by atoms with E-state index in [-0.39, 0.29) is 30.4 Å². The van der Waals surface area contributed by atoms with Crippen molar-refractivity contribution in [2.24, 2.45) is 0 Å². The van der Waals surface area contributed by atoms with Crippen LogP contribution in [0.15, 0.2) is 48.5 Å². The number of nitrogens with zero attached hydrogens (tertiary/aromatic N) is 1. The molecule has 0 aromatic heterocycles. The summed E-state index contributed by atoms with van der Waals surface area (Å²) in [5.74, 6) is -2.30. The lowest BCUT2D eigenvalue weighted by Crippen LogP contribution is -2.40. The van der Waals surface area contributed by atoms with Crippen LogP contribution in [0.1, 0.15) is 5.56 Å². The Morgan fingerprint density at radius 1 is 1.17 bits per heavy atom. The first-order valence-corrected chi connectivity index (χ1v) is 7.59. The molecule has 0 aliphatic rings. The number of rotatable bonds is 5. The number of hydrogen-bond acceptors (Lipinski definition) is 3. The zero-order valence-corrected chi connectivity index (χ0v) is 13.5. The summed E-state index contributed by atoms with van der Waals surface area (Å²) in [4.78, 5) is 25.6. The van der Waals surface area contributed by atoms with Crippen molar-refractivity contribution in [2.45, 2.75) is 6.54 Å². The molecule has 24 heavy (non-hydrogen) atoms. The van der Waals surface area contributed by atoms with Crippen LogP contribution >= 0.6 is 11.6 Å². The van der Waals surface area contributed by atoms with E-state index in [0.29, 0.717) is 0 Å². The molecular formula is C17H16ClFN2O3. The fourth-order valence-corrected chi connectivity index (χ4v) is 2.26. The maximum atomic E-state index is 13.1. The molecule has 0 aliphatic heterocycles. The molecule has 2 aromatic rings. The maximum Gasteiger partial charge on any atom is 0.313 e. The number of amides is 2. The van der Waals surface area contributed by atoms with Gasteiger partial charge >= 0.3 is 11.8 Å². The molecule has 0 saturated heterocycles. The third-order valence-electron chi connectivity index (χ3n) is 3.25. The van der Waals surface area contributed by atoms with Crippen LogP contribution in [0, 0.1) is 5.82 Å². The van der Waals surface area contributed by atoms with Gasteiger partial charge in [-0.2, -0.15) is 0 Å². The fourth-order valence-electron chi connectivity index (χ4n) is 2.08. The lowest BCUT2D eigenvalue weighted by atomic mass is 10.2. The Morgan fingerprint density at radius 2 is 1.88 bits per heavy atom. The van der Waals surface area contributed by atoms with E-state index >= 15 is 0 Å². The summed E-state index contributed by atoms with van der Waals surface area (Å²) in [6.07, 6.45) is 0. The predicted molar refractivity (Wildman–Crippen MR) is 89.0 cm³/mol. The second kappa shape index (κ2) is 8.42. The van der Waals surface area contributed by atoms with Gasteiger partial charge in [0.25, 0.3) is 0 Å². The maximum absolute atomic E-state index is 13.1. The lowest BCUT2D eigenvalue weighted by molar-refractivity contribution is -0.143. The second-order valence-corrected chi connectivity index (χ2v) is 5.43. The summed E-state index contributed by atoms with van der Waals surface area (Å²) < 4.78 is 13.1. The molecule has 2 N–H and O–H groups in total. The fraction of sp³-hybridized carbons (Fsp3) is 0.176. The Hall–Kier alpha value is -2.44. The molecule has 0 atom stereocenters. The van der Waals surface area contributed by atoms with Crippen molar-refractivity contribution in [3.63, 3.8) is 0 Å². The highest BCUT2D eigenvalue weighted by molar-refractivity contribution is 6.39. The number of aliphatic hydroxyl groups is 1. The molecule has 0 fully saturated rings. The molecule has 0 bridgehead atoms.